The van der Waals surface area contributed by atoms with Crippen molar-refractivity contribution in [2.24, 2.45) is 0 Å². The molecule has 6 heteroatoms. The number of carbonyl (C=O) groups is 2. The minimum atomic E-state index is -0.0591. The van der Waals surface area contributed by atoms with E-state index in [1.807, 2.05) is 6.07 Å². The van der Waals surface area contributed by atoms with Crippen molar-refractivity contribution in [1.82, 2.24) is 15.2 Å². The van der Waals surface area contributed by atoms with E-state index in [-0.39, 0.29) is 17.9 Å². The van der Waals surface area contributed by atoms with E-state index in [1.165, 1.54) is 6.92 Å². The monoisotopic (exact) mass is 339 g/mol. The van der Waals surface area contributed by atoms with Crippen LogP contribution in [-0.2, 0) is 4.79 Å². The average Bonchev–Trinajstić information content (AvgIpc) is 2.62. The predicted octanol–water partition coefficient (Wildman–Crippen LogP) is 2.61. The van der Waals surface area contributed by atoms with E-state index in [2.05, 4.69) is 10.3 Å². The number of likely N-dealkylation sites (tertiary alicyclic amines) is 1. The topological polar surface area (TPSA) is 71.5 Å². The standard InChI is InChI=1S/C19H21N3O3/c1-14(23)21-16-4-3-11-22(13-16)19(24)15-6-8-17(9-7-15)25-18-5-2-10-20-12-18/h2,5-10,12,16H,3-4,11,13H2,1H3,(H,21,23)/t16-/m1/s1. The number of pyridine rings is 1. The normalized spacial score (nSPS) is 17.0. The van der Waals surface area contributed by atoms with Crippen LogP contribution in [0, 0.1) is 0 Å². The van der Waals surface area contributed by atoms with Crippen LogP contribution in [0.5, 0.6) is 11.5 Å². The fourth-order valence-electron chi connectivity index (χ4n) is 2.96. The number of carbonyl (C=O) groups excluding carboxylic acids is 2. The molecule has 1 N–H and O–H groups in total. The summed E-state index contributed by atoms with van der Waals surface area (Å²) in [5, 5.41) is 2.90. The molecule has 2 heterocycles. The molecule has 0 spiro atoms. The molecule has 1 aromatic carbocycles. The highest BCUT2D eigenvalue weighted by Crippen LogP contribution is 2.21. The van der Waals surface area contributed by atoms with Gasteiger partial charge in [-0.1, -0.05) is 0 Å². The largest absolute Gasteiger partial charge is 0.456 e. The number of hydrogen-bond acceptors (Lipinski definition) is 4. The van der Waals surface area contributed by atoms with Crippen LogP contribution in [0.4, 0.5) is 0 Å². The number of nitrogens with one attached hydrogen (secondary N) is 1. The maximum absolute atomic E-state index is 12.7. The van der Waals surface area contributed by atoms with Gasteiger partial charge in [-0.2, -0.15) is 0 Å². The first-order valence-electron chi connectivity index (χ1n) is 8.36. The molecule has 0 radical (unpaired) electrons. The molecule has 0 unspecified atom stereocenters. The lowest BCUT2D eigenvalue weighted by Gasteiger charge is -2.33. The van der Waals surface area contributed by atoms with Crippen LogP contribution in [0.25, 0.3) is 0 Å². The molecule has 6 nitrogen and oxygen atoms in total. The third-order valence-corrected chi connectivity index (χ3v) is 4.09. The highest BCUT2D eigenvalue weighted by Gasteiger charge is 2.24. The molecule has 0 bridgehead atoms. The third kappa shape index (κ3) is 4.56. The highest BCUT2D eigenvalue weighted by molar-refractivity contribution is 5.94. The molecular weight excluding hydrogens is 318 g/mol. The zero-order chi connectivity index (χ0) is 17.6. The van der Waals surface area contributed by atoms with Gasteiger partial charge in [-0.15, -0.1) is 0 Å². The van der Waals surface area contributed by atoms with Crippen LogP contribution in [-0.4, -0.2) is 40.8 Å². The minimum absolute atomic E-state index is 0.0250. The Kier molecular flexibility index (Phi) is 5.28. The summed E-state index contributed by atoms with van der Waals surface area (Å²) in [6.07, 6.45) is 5.11. The molecule has 0 aliphatic carbocycles. The third-order valence-electron chi connectivity index (χ3n) is 4.09. The summed E-state index contributed by atoms with van der Waals surface area (Å²) in [7, 11) is 0. The number of ether oxygens (including phenoxy) is 1. The summed E-state index contributed by atoms with van der Waals surface area (Å²) in [6.45, 7) is 2.76. The van der Waals surface area contributed by atoms with Crippen molar-refractivity contribution >= 4 is 11.8 Å². The number of benzene rings is 1. The van der Waals surface area contributed by atoms with Crippen LogP contribution in [0.15, 0.2) is 48.8 Å². The number of piperidine rings is 1. The molecule has 3 rings (SSSR count). The number of nitrogens with zero attached hydrogens (tertiary/aromatic N) is 2. The molecule has 1 aliphatic rings. The zero-order valence-corrected chi connectivity index (χ0v) is 14.1. The van der Waals surface area contributed by atoms with E-state index in [4.69, 9.17) is 4.74 Å². The van der Waals surface area contributed by atoms with Crippen LogP contribution in [0.2, 0.25) is 0 Å². The molecule has 0 saturated carbocycles. The van der Waals surface area contributed by atoms with E-state index in [9.17, 15) is 9.59 Å². The number of amides is 2. The molecule has 1 aromatic heterocycles. The Labute approximate surface area is 146 Å². The first-order chi connectivity index (χ1) is 12.1. The van der Waals surface area contributed by atoms with Crippen molar-refractivity contribution < 1.29 is 14.3 Å². The Morgan fingerprint density at radius 3 is 2.68 bits per heavy atom. The van der Waals surface area contributed by atoms with Gasteiger partial charge in [-0.25, -0.2) is 0 Å². The summed E-state index contributed by atoms with van der Waals surface area (Å²) in [5.74, 6) is 1.22. The van der Waals surface area contributed by atoms with E-state index in [0.717, 1.165) is 12.8 Å². The van der Waals surface area contributed by atoms with Crippen molar-refractivity contribution in [1.29, 1.82) is 0 Å². The molecule has 1 saturated heterocycles. The minimum Gasteiger partial charge on any atom is -0.456 e. The van der Waals surface area contributed by atoms with E-state index < -0.39 is 0 Å². The molecule has 1 fully saturated rings. The van der Waals surface area contributed by atoms with Crippen LogP contribution in [0.1, 0.15) is 30.1 Å². The maximum Gasteiger partial charge on any atom is 0.253 e. The van der Waals surface area contributed by atoms with Crippen LogP contribution >= 0.6 is 0 Å². The lowest BCUT2D eigenvalue weighted by Crippen LogP contribution is -2.49. The van der Waals surface area contributed by atoms with Crippen LogP contribution < -0.4 is 10.1 Å². The van der Waals surface area contributed by atoms with Crippen molar-refractivity contribution in [3.63, 3.8) is 0 Å². The number of aromatic nitrogens is 1. The molecular formula is C19H21N3O3. The number of rotatable bonds is 4. The highest BCUT2D eigenvalue weighted by atomic mass is 16.5. The Hall–Kier alpha value is -2.89. The van der Waals surface area contributed by atoms with E-state index in [0.29, 0.717) is 30.2 Å². The lowest BCUT2D eigenvalue weighted by atomic mass is 10.0. The Balaban J connectivity index is 1.63. The SMILES string of the molecule is CC(=O)N[C@@H]1CCCN(C(=O)c2ccc(Oc3cccnc3)cc2)C1. The molecule has 1 aliphatic heterocycles. The summed E-state index contributed by atoms with van der Waals surface area (Å²) in [5.41, 5.74) is 0.613. The summed E-state index contributed by atoms with van der Waals surface area (Å²) in [4.78, 5) is 29.7. The van der Waals surface area contributed by atoms with Crippen molar-refractivity contribution in [2.75, 3.05) is 13.1 Å². The summed E-state index contributed by atoms with van der Waals surface area (Å²) < 4.78 is 5.68. The smallest absolute Gasteiger partial charge is 0.253 e. The van der Waals surface area contributed by atoms with Gasteiger partial charge in [0.2, 0.25) is 5.91 Å². The van der Waals surface area contributed by atoms with Gasteiger partial charge >= 0.3 is 0 Å². The number of hydrogen-bond donors (Lipinski definition) is 1. The van der Waals surface area contributed by atoms with Gasteiger partial charge in [0, 0.05) is 37.8 Å². The van der Waals surface area contributed by atoms with Gasteiger partial charge < -0.3 is 15.0 Å². The lowest BCUT2D eigenvalue weighted by molar-refractivity contribution is -0.120. The van der Waals surface area contributed by atoms with Crippen molar-refractivity contribution in [3.8, 4) is 11.5 Å². The van der Waals surface area contributed by atoms with E-state index >= 15 is 0 Å². The molecule has 25 heavy (non-hydrogen) atoms. The van der Waals surface area contributed by atoms with E-state index in [1.54, 1.807) is 47.6 Å². The van der Waals surface area contributed by atoms with Gasteiger partial charge in [0.15, 0.2) is 0 Å². The fraction of sp³-hybridized carbons (Fsp3) is 0.316. The second-order valence-electron chi connectivity index (χ2n) is 6.11. The Morgan fingerprint density at radius 1 is 1.20 bits per heavy atom. The Morgan fingerprint density at radius 2 is 2.00 bits per heavy atom. The maximum atomic E-state index is 12.7. The first kappa shape index (κ1) is 17.0. The quantitative estimate of drug-likeness (QED) is 0.929. The molecule has 2 aromatic rings. The van der Waals surface area contributed by atoms with Gasteiger partial charge in [-0.3, -0.25) is 14.6 Å². The van der Waals surface area contributed by atoms with Crippen molar-refractivity contribution in [2.45, 2.75) is 25.8 Å². The van der Waals surface area contributed by atoms with Gasteiger partial charge in [0.25, 0.3) is 5.91 Å². The van der Waals surface area contributed by atoms with Crippen LogP contribution in [0.3, 0.4) is 0 Å². The average molecular weight is 339 g/mol. The zero-order valence-electron chi connectivity index (χ0n) is 14.1. The second-order valence-corrected chi connectivity index (χ2v) is 6.11. The summed E-state index contributed by atoms with van der Waals surface area (Å²) >= 11 is 0. The first-order valence-corrected chi connectivity index (χ1v) is 8.36. The van der Waals surface area contributed by atoms with Gasteiger partial charge in [0.05, 0.1) is 6.20 Å². The molecule has 2 amide bonds. The fourth-order valence-corrected chi connectivity index (χ4v) is 2.96. The molecule has 130 valence electrons. The summed E-state index contributed by atoms with van der Waals surface area (Å²) in [6, 6.07) is 10.7. The second kappa shape index (κ2) is 7.79. The molecule has 1 atom stereocenters. The van der Waals surface area contributed by atoms with Gasteiger partial charge in [-0.05, 0) is 49.2 Å². The Bertz CT molecular complexity index is 731. The van der Waals surface area contributed by atoms with Gasteiger partial charge in [0.1, 0.15) is 11.5 Å². The predicted molar refractivity (Wildman–Crippen MR) is 93.5 cm³/mol. The van der Waals surface area contributed by atoms with Crippen molar-refractivity contribution in [3.05, 3.63) is 54.4 Å².